The first-order valence-corrected chi connectivity index (χ1v) is 8.29. The maximum absolute atomic E-state index is 12.1. The molecule has 0 radical (unpaired) electrons. The Hall–Kier alpha value is -1.82. The van der Waals surface area contributed by atoms with Crippen molar-refractivity contribution in [3.05, 3.63) is 52.0 Å². The van der Waals surface area contributed by atoms with Crippen LogP contribution in [0, 0.1) is 6.92 Å². The van der Waals surface area contributed by atoms with Crippen molar-refractivity contribution in [3.63, 3.8) is 0 Å². The molecule has 0 unspecified atom stereocenters. The van der Waals surface area contributed by atoms with E-state index in [1.54, 1.807) is 0 Å². The van der Waals surface area contributed by atoms with Gasteiger partial charge in [-0.2, -0.15) is 0 Å². The number of H-pyrrole nitrogens is 1. The van der Waals surface area contributed by atoms with E-state index >= 15 is 0 Å². The molecule has 1 aromatic heterocycles. The highest BCUT2D eigenvalue weighted by atomic mass is 79.9. The highest BCUT2D eigenvalue weighted by Gasteiger charge is 2.23. The molecule has 2 rings (SSSR count). The second-order valence-electron chi connectivity index (χ2n) is 6.43. The van der Waals surface area contributed by atoms with Crippen molar-refractivity contribution in [1.82, 2.24) is 15.3 Å². The number of aromatic nitrogens is 2. The Bertz CT molecular complexity index is 643. The molecule has 23 heavy (non-hydrogen) atoms. The molecule has 0 aliphatic heterocycles. The van der Waals surface area contributed by atoms with Crippen molar-refractivity contribution in [2.24, 2.45) is 0 Å². The van der Waals surface area contributed by atoms with Crippen LogP contribution in [-0.4, -0.2) is 21.7 Å². The summed E-state index contributed by atoms with van der Waals surface area (Å²) < 4.78 is 6.11. The molecule has 0 saturated carbocycles. The van der Waals surface area contributed by atoms with Crippen LogP contribution in [0.1, 0.15) is 43.9 Å². The van der Waals surface area contributed by atoms with E-state index < -0.39 is 11.7 Å². The second kappa shape index (κ2) is 7.17. The lowest BCUT2D eigenvalue weighted by Gasteiger charge is -2.23. The van der Waals surface area contributed by atoms with Gasteiger partial charge < -0.3 is 15.0 Å². The number of alkyl carbamates (subject to hydrolysis) is 1. The SMILES string of the molecule is Cc1[nH]c([C@H](Cc2ccccc2)NC(=O)OC(C)(C)C)nc1Br. The molecule has 1 aromatic carbocycles. The second-order valence-corrected chi connectivity index (χ2v) is 7.18. The van der Waals surface area contributed by atoms with Crippen LogP contribution in [0.2, 0.25) is 0 Å². The molecular formula is C17H22BrN3O2. The monoisotopic (exact) mass is 379 g/mol. The van der Waals surface area contributed by atoms with Crippen LogP contribution in [0.3, 0.4) is 0 Å². The largest absolute Gasteiger partial charge is 0.444 e. The Morgan fingerprint density at radius 1 is 1.35 bits per heavy atom. The normalized spacial score (nSPS) is 12.7. The molecule has 0 spiro atoms. The van der Waals surface area contributed by atoms with E-state index in [1.807, 2.05) is 58.0 Å². The zero-order valence-electron chi connectivity index (χ0n) is 13.8. The number of rotatable bonds is 4. The standard InChI is InChI=1S/C17H22BrN3O2/c1-11-14(18)21-15(19-11)13(10-12-8-6-5-7-9-12)20-16(22)23-17(2,3)4/h5-9,13H,10H2,1-4H3,(H,19,21)(H,20,22)/t13-/m0/s1. The fourth-order valence-electron chi connectivity index (χ4n) is 2.14. The van der Waals surface area contributed by atoms with Gasteiger partial charge in [0.15, 0.2) is 0 Å². The van der Waals surface area contributed by atoms with Gasteiger partial charge in [-0.15, -0.1) is 0 Å². The molecule has 1 amide bonds. The third kappa shape index (κ3) is 5.39. The van der Waals surface area contributed by atoms with E-state index in [9.17, 15) is 4.79 Å². The summed E-state index contributed by atoms with van der Waals surface area (Å²) in [5.41, 5.74) is 1.49. The van der Waals surface area contributed by atoms with Crippen LogP contribution in [0.25, 0.3) is 0 Å². The van der Waals surface area contributed by atoms with Crippen LogP contribution in [0.4, 0.5) is 4.79 Å². The summed E-state index contributed by atoms with van der Waals surface area (Å²) in [4.78, 5) is 19.8. The fraction of sp³-hybridized carbons (Fsp3) is 0.412. The third-order valence-electron chi connectivity index (χ3n) is 3.15. The number of nitrogens with one attached hydrogen (secondary N) is 2. The minimum atomic E-state index is -0.541. The van der Waals surface area contributed by atoms with E-state index in [4.69, 9.17) is 4.74 Å². The van der Waals surface area contributed by atoms with Gasteiger partial charge in [-0.1, -0.05) is 30.3 Å². The highest BCUT2D eigenvalue weighted by Crippen LogP contribution is 2.21. The first-order chi connectivity index (χ1) is 10.7. The van der Waals surface area contributed by atoms with Gasteiger partial charge >= 0.3 is 6.09 Å². The first kappa shape index (κ1) is 17.5. The van der Waals surface area contributed by atoms with Gasteiger partial charge in [-0.05, 0) is 49.2 Å². The summed E-state index contributed by atoms with van der Waals surface area (Å²) >= 11 is 3.40. The third-order valence-corrected chi connectivity index (χ3v) is 3.92. The number of carbonyl (C=O) groups excluding carboxylic acids is 1. The molecule has 1 heterocycles. The topological polar surface area (TPSA) is 67.0 Å². The Labute approximate surface area is 145 Å². The number of benzene rings is 1. The van der Waals surface area contributed by atoms with Crippen molar-refractivity contribution in [2.45, 2.75) is 45.8 Å². The molecule has 0 aliphatic carbocycles. The Morgan fingerprint density at radius 3 is 2.52 bits per heavy atom. The van der Waals surface area contributed by atoms with E-state index in [1.165, 1.54) is 0 Å². The molecule has 5 nitrogen and oxygen atoms in total. The number of ether oxygens (including phenoxy) is 1. The molecular weight excluding hydrogens is 358 g/mol. The summed E-state index contributed by atoms with van der Waals surface area (Å²) in [7, 11) is 0. The summed E-state index contributed by atoms with van der Waals surface area (Å²) in [6, 6.07) is 9.67. The maximum Gasteiger partial charge on any atom is 0.408 e. The van der Waals surface area contributed by atoms with E-state index in [-0.39, 0.29) is 6.04 Å². The average Bonchev–Trinajstić information content (AvgIpc) is 2.77. The quantitative estimate of drug-likeness (QED) is 0.832. The predicted octanol–water partition coefficient (Wildman–Crippen LogP) is 4.29. The van der Waals surface area contributed by atoms with Gasteiger partial charge in [-0.25, -0.2) is 9.78 Å². The zero-order chi connectivity index (χ0) is 17.0. The molecule has 6 heteroatoms. The Kier molecular flexibility index (Phi) is 5.46. The van der Waals surface area contributed by atoms with E-state index in [0.29, 0.717) is 12.2 Å². The number of hydrogen-bond donors (Lipinski definition) is 2. The number of imidazole rings is 1. The highest BCUT2D eigenvalue weighted by molar-refractivity contribution is 9.10. The van der Waals surface area contributed by atoms with Crippen LogP contribution in [-0.2, 0) is 11.2 Å². The van der Waals surface area contributed by atoms with Crippen molar-refractivity contribution in [1.29, 1.82) is 0 Å². The van der Waals surface area contributed by atoms with E-state index in [2.05, 4.69) is 31.2 Å². The number of hydrogen-bond acceptors (Lipinski definition) is 3. The van der Waals surface area contributed by atoms with Crippen molar-refractivity contribution in [3.8, 4) is 0 Å². The molecule has 124 valence electrons. The number of aryl methyl sites for hydroxylation is 1. The molecule has 2 aromatic rings. The summed E-state index contributed by atoms with van der Waals surface area (Å²) in [6.07, 6.45) is 0.169. The number of halogens is 1. The van der Waals surface area contributed by atoms with Crippen LogP contribution in [0.15, 0.2) is 34.9 Å². The molecule has 0 saturated heterocycles. The Morgan fingerprint density at radius 2 is 2.00 bits per heavy atom. The minimum absolute atomic E-state index is 0.294. The first-order valence-electron chi connectivity index (χ1n) is 7.50. The predicted molar refractivity (Wildman–Crippen MR) is 93.3 cm³/mol. The molecule has 0 aliphatic rings. The number of carbonyl (C=O) groups is 1. The number of aromatic amines is 1. The lowest BCUT2D eigenvalue weighted by Crippen LogP contribution is -2.36. The zero-order valence-corrected chi connectivity index (χ0v) is 15.4. The molecule has 1 atom stereocenters. The van der Waals surface area contributed by atoms with Crippen LogP contribution in [0.5, 0.6) is 0 Å². The summed E-state index contributed by atoms with van der Waals surface area (Å²) in [5, 5.41) is 2.90. The fourth-order valence-corrected chi connectivity index (χ4v) is 2.43. The number of nitrogens with zero attached hydrogens (tertiary/aromatic N) is 1. The molecule has 2 N–H and O–H groups in total. The van der Waals surface area contributed by atoms with Crippen LogP contribution < -0.4 is 5.32 Å². The van der Waals surface area contributed by atoms with Gasteiger partial charge in [0.05, 0.1) is 6.04 Å². The summed E-state index contributed by atoms with van der Waals surface area (Å²) in [5.74, 6) is 0.698. The van der Waals surface area contributed by atoms with Gasteiger partial charge in [0, 0.05) is 12.1 Å². The smallest absolute Gasteiger partial charge is 0.408 e. The molecule has 0 bridgehead atoms. The van der Waals surface area contributed by atoms with Gasteiger partial charge in [0.2, 0.25) is 0 Å². The minimum Gasteiger partial charge on any atom is -0.444 e. The number of amides is 1. The Balaban J connectivity index is 2.19. The summed E-state index contributed by atoms with van der Waals surface area (Å²) in [6.45, 7) is 7.44. The van der Waals surface area contributed by atoms with Crippen molar-refractivity contribution < 1.29 is 9.53 Å². The van der Waals surface area contributed by atoms with Gasteiger partial charge in [0.1, 0.15) is 16.0 Å². The average molecular weight is 380 g/mol. The van der Waals surface area contributed by atoms with Crippen molar-refractivity contribution in [2.75, 3.05) is 0 Å². The van der Waals surface area contributed by atoms with Crippen molar-refractivity contribution >= 4 is 22.0 Å². The lowest BCUT2D eigenvalue weighted by molar-refractivity contribution is 0.0501. The van der Waals surface area contributed by atoms with Gasteiger partial charge in [-0.3, -0.25) is 0 Å². The van der Waals surface area contributed by atoms with E-state index in [0.717, 1.165) is 15.9 Å². The molecule has 0 fully saturated rings. The lowest BCUT2D eigenvalue weighted by atomic mass is 10.1. The van der Waals surface area contributed by atoms with Gasteiger partial charge in [0.25, 0.3) is 0 Å². The van der Waals surface area contributed by atoms with Crippen LogP contribution >= 0.6 is 15.9 Å². The maximum atomic E-state index is 12.1.